The summed E-state index contributed by atoms with van der Waals surface area (Å²) in [4.78, 5) is 0. The topological polar surface area (TPSA) is 56.8 Å². The summed E-state index contributed by atoms with van der Waals surface area (Å²) in [6.45, 7) is 8.80. The fraction of sp³-hybridized carbons (Fsp3) is 0.818. The Labute approximate surface area is 100 Å². The Morgan fingerprint density at radius 2 is 1.31 bits per heavy atom. The van der Waals surface area contributed by atoms with Crippen molar-refractivity contribution >= 4 is 16.6 Å². The van der Waals surface area contributed by atoms with Crippen LogP contribution in [0.5, 0.6) is 0 Å². The van der Waals surface area contributed by atoms with Crippen molar-refractivity contribution in [1.82, 2.24) is 0 Å². The van der Waals surface area contributed by atoms with Crippen molar-refractivity contribution in [2.75, 3.05) is 0 Å². The SMILES string of the molecule is C[Si]1(C)CCC(C#N)(C#N)CC[Si](C)(C)O1. The van der Waals surface area contributed by atoms with E-state index < -0.39 is 22.0 Å². The van der Waals surface area contributed by atoms with Crippen LogP contribution in [0, 0.1) is 28.1 Å². The molecule has 3 nitrogen and oxygen atoms in total. The minimum Gasteiger partial charge on any atom is -0.455 e. The number of hydrogen-bond acceptors (Lipinski definition) is 3. The molecule has 0 spiro atoms. The van der Waals surface area contributed by atoms with Gasteiger partial charge in [0, 0.05) is 0 Å². The number of hydrogen-bond donors (Lipinski definition) is 0. The predicted octanol–water partition coefficient (Wildman–Crippen LogP) is 3.24. The Kier molecular flexibility index (Phi) is 3.63. The Bertz CT molecular complexity index is 318. The Morgan fingerprint density at radius 1 is 0.938 bits per heavy atom. The van der Waals surface area contributed by atoms with Gasteiger partial charge in [-0.25, -0.2) is 0 Å². The molecule has 0 N–H and O–H groups in total. The van der Waals surface area contributed by atoms with E-state index in [2.05, 4.69) is 38.3 Å². The largest absolute Gasteiger partial charge is 0.455 e. The van der Waals surface area contributed by atoms with E-state index in [4.69, 9.17) is 4.12 Å². The van der Waals surface area contributed by atoms with Crippen LogP contribution in [0.25, 0.3) is 0 Å². The first-order valence-electron chi connectivity index (χ1n) is 5.77. The lowest BCUT2D eigenvalue weighted by Gasteiger charge is -2.38. The summed E-state index contributed by atoms with van der Waals surface area (Å²) in [5.41, 5.74) is -0.752. The molecule has 88 valence electrons. The summed E-state index contributed by atoms with van der Waals surface area (Å²) >= 11 is 0. The van der Waals surface area contributed by atoms with E-state index in [0.29, 0.717) is 12.8 Å². The summed E-state index contributed by atoms with van der Waals surface area (Å²) in [5.74, 6) is 0. The molecule has 1 rings (SSSR count). The molecule has 0 saturated carbocycles. The van der Waals surface area contributed by atoms with Crippen molar-refractivity contribution in [2.24, 2.45) is 5.41 Å². The second-order valence-corrected chi connectivity index (χ2v) is 14.8. The van der Waals surface area contributed by atoms with Crippen LogP contribution in [-0.4, -0.2) is 16.6 Å². The van der Waals surface area contributed by atoms with Gasteiger partial charge in [0.05, 0.1) is 12.1 Å². The van der Waals surface area contributed by atoms with Crippen molar-refractivity contribution in [3.63, 3.8) is 0 Å². The van der Waals surface area contributed by atoms with E-state index in [-0.39, 0.29) is 0 Å². The standard InChI is InChI=1S/C11H20N2OSi2/c1-15(2)7-5-11(9-12,10-13)6-8-16(3,4)14-15/h5-8H2,1-4H3. The van der Waals surface area contributed by atoms with Gasteiger partial charge in [0.2, 0.25) is 0 Å². The molecular weight excluding hydrogens is 232 g/mol. The smallest absolute Gasteiger partial charge is 0.173 e. The summed E-state index contributed by atoms with van der Waals surface area (Å²) in [5, 5.41) is 18.4. The highest BCUT2D eigenvalue weighted by molar-refractivity contribution is 6.84. The molecule has 0 radical (unpaired) electrons. The van der Waals surface area contributed by atoms with Gasteiger partial charge in [-0.2, -0.15) is 10.5 Å². The third kappa shape index (κ3) is 3.18. The first kappa shape index (κ1) is 13.4. The van der Waals surface area contributed by atoms with Crippen molar-refractivity contribution in [3.8, 4) is 12.1 Å². The first-order valence-corrected chi connectivity index (χ1v) is 12.0. The molecule has 1 saturated heterocycles. The molecule has 1 fully saturated rings. The van der Waals surface area contributed by atoms with Crippen LogP contribution >= 0.6 is 0 Å². The van der Waals surface area contributed by atoms with Gasteiger partial charge in [-0.05, 0) is 51.1 Å². The van der Waals surface area contributed by atoms with E-state index in [1.54, 1.807) is 0 Å². The molecule has 5 heteroatoms. The molecule has 1 aliphatic rings. The molecule has 1 aliphatic heterocycles. The molecule has 0 aromatic heterocycles. The summed E-state index contributed by atoms with van der Waals surface area (Å²) in [6.07, 6.45) is 1.37. The van der Waals surface area contributed by atoms with Crippen molar-refractivity contribution < 1.29 is 4.12 Å². The van der Waals surface area contributed by atoms with Crippen molar-refractivity contribution in [3.05, 3.63) is 0 Å². The second kappa shape index (κ2) is 4.33. The summed E-state index contributed by atoms with van der Waals surface area (Å²) in [6, 6.07) is 6.32. The van der Waals surface area contributed by atoms with E-state index in [1.165, 1.54) is 0 Å². The number of rotatable bonds is 0. The molecule has 16 heavy (non-hydrogen) atoms. The van der Waals surface area contributed by atoms with E-state index in [9.17, 15) is 10.5 Å². The molecular formula is C11H20N2OSi2. The highest BCUT2D eigenvalue weighted by Crippen LogP contribution is 2.38. The first-order chi connectivity index (χ1) is 7.24. The Morgan fingerprint density at radius 3 is 1.62 bits per heavy atom. The zero-order chi connectivity index (χ0) is 12.4. The van der Waals surface area contributed by atoms with Crippen LogP contribution in [-0.2, 0) is 4.12 Å². The maximum atomic E-state index is 9.22. The van der Waals surface area contributed by atoms with E-state index >= 15 is 0 Å². The van der Waals surface area contributed by atoms with Crippen molar-refractivity contribution in [2.45, 2.75) is 51.1 Å². The van der Waals surface area contributed by atoms with Gasteiger partial charge in [-0.15, -0.1) is 0 Å². The number of nitriles is 2. The molecule has 0 aromatic carbocycles. The highest BCUT2D eigenvalue weighted by Gasteiger charge is 2.42. The Hall–Kier alpha value is -0.626. The quantitative estimate of drug-likeness (QED) is 0.622. The highest BCUT2D eigenvalue weighted by atomic mass is 28.4. The van der Waals surface area contributed by atoms with Gasteiger partial charge in [0.25, 0.3) is 0 Å². The third-order valence-corrected chi connectivity index (χ3v) is 10.6. The molecule has 0 aliphatic carbocycles. The van der Waals surface area contributed by atoms with Gasteiger partial charge in [-0.3, -0.25) is 0 Å². The lowest BCUT2D eigenvalue weighted by molar-refractivity contribution is 0.425. The minimum absolute atomic E-state index is 0.684. The average Bonchev–Trinajstić information content (AvgIpc) is 2.16. The monoisotopic (exact) mass is 252 g/mol. The zero-order valence-corrected chi connectivity index (χ0v) is 12.6. The number of nitrogens with zero attached hydrogens (tertiary/aromatic N) is 2. The van der Waals surface area contributed by atoms with Gasteiger partial charge in [0.15, 0.2) is 16.6 Å². The van der Waals surface area contributed by atoms with Gasteiger partial charge in [-0.1, -0.05) is 0 Å². The summed E-state index contributed by atoms with van der Waals surface area (Å²) < 4.78 is 6.31. The molecule has 1 heterocycles. The minimum atomic E-state index is -1.67. The summed E-state index contributed by atoms with van der Waals surface area (Å²) in [7, 11) is -3.34. The van der Waals surface area contributed by atoms with Crippen LogP contribution in [0.4, 0.5) is 0 Å². The Balaban J connectivity index is 2.95. The van der Waals surface area contributed by atoms with E-state index in [1.807, 2.05) is 0 Å². The fourth-order valence-corrected chi connectivity index (χ4v) is 11.1. The lowest BCUT2D eigenvalue weighted by Crippen LogP contribution is -2.47. The average molecular weight is 252 g/mol. The van der Waals surface area contributed by atoms with Crippen LogP contribution < -0.4 is 0 Å². The predicted molar refractivity (Wildman–Crippen MR) is 68.6 cm³/mol. The van der Waals surface area contributed by atoms with Gasteiger partial charge < -0.3 is 4.12 Å². The second-order valence-electron chi connectivity index (χ2n) is 5.93. The molecule has 0 atom stereocenters. The fourth-order valence-electron chi connectivity index (χ4n) is 2.25. The van der Waals surface area contributed by atoms with E-state index in [0.717, 1.165) is 12.1 Å². The van der Waals surface area contributed by atoms with Gasteiger partial charge >= 0.3 is 0 Å². The maximum Gasteiger partial charge on any atom is 0.173 e. The van der Waals surface area contributed by atoms with Crippen LogP contribution in [0.15, 0.2) is 0 Å². The third-order valence-electron chi connectivity index (χ3n) is 3.29. The molecule has 0 amide bonds. The van der Waals surface area contributed by atoms with Gasteiger partial charge in [0.1, 0.15) is 5.41 Å². The zero-order valence-electron chi connectivity index (χ0n) is 10.6. The molecule has 0 unspecified atom stereocenters. The van der Waals surface area contributed by atoms with Crippen LogP contribution in [0.1, 0.15) is 12.8 Å². The van der Waals surface area contributed by atoms with Crippen molar-refractivity contribution in [1.29, 1.82) is 10.5 Å². The van der Waals surface area contributed by atoms with Crippen LogP contribution in [0.2, 0.25) is 38.3 Å². The normalized spacial score (nSPS) is 26.9. The lowest BCUT2D eigenvalue weighted by atomic mass is 9.86. The molecule has 0 aromatic rings. The maximum absolute atomic E-state index is 9.22. The molecule has 0 bridgehead atoms. The van der Waals surface area contributed by atoms with Crippen LogP contribution in [0.3, 0.4) is 0 Å².